The average Bonchev–Trinajstić information content (AvgIpc) is 3.22. The van der Waals surface area contributed by atoms with Gasteiger partial charge in [-0.2, -0.15) is 5.26 Å². The van der Waals surface area contributed by atoms with E-state index in [1.165, 1.54) is 0 Å². The van der Waals surface area contributed by atoms with Crippen LogP contribution in [0.4, 0.5) is 5.69 Å². The molecule has 0 radical (unpaired) electrons. The Bertz CT molecular complexity index is 1010. The van der Waals surface area contributed by atoms with Crippen molar-refractivity contribution in [2.75, 3.05) is 18.5 Å². The third-order valence-corrected chi connectivity index (χ3v) is 4.22. The fraction of sp³-hybridized carbons (Fsp3) is 0.158. The van der Waals surface area contributed by atoms with Gasteiger partial charge in [0.15, 0.2) is 18.1 Å². The molecular weight excluding hydrogens is 426 g/mol. The molecule has 9 heteroatoms. The predicted molar refractivity (Wildman–Crippen MR) is 106 cm³/mol. The van der Waals surface area contributed by atoms with E-state index in [-0.39, 0.29) is 12.5 Å². The number of para-hydroxylation sites is 2. The Morgan fingerprint density at radius 3 is 2.86 bits per heavy atom. The number of hydrogen-bond acceptors (Lipinski definition) is 6. The second kappa shape index (κ2) is 9.01. The minimum absolute atomic E-state index is 0.240. The SMILES string of the molecule is CCOc1cc(C#N)cc(Br)c1OCC(=O)Nc1ccccc1-n1ccnn1. The molecule has 3 aromatic rings. The van der Waals surface area contributed by atoms with Crippen LogP contribution in [-0.4, -0.2) is 34.1 Å². The van der Waals surface area contributed by atoms with Crippen LogP contribution < -0.4 is 14.8 Å². The topological polar surface area (TPSA) is 102 Å². The summed E-state index contributed by atoms with van der Waals surface area (Å²) >= 11 is 3.36. The van der Waals surface area contributed by atoms with Gasteiger partial charge < -0.3 is 14.8 Å². The van der Waals surface area contributed by atoms with E-state index < -0.39 is 0 Å². The molecule has 1 amide bonds. The van der Waals surface area contributed by atoms with Crippen LogP contribution in [0.1, 0.15) is 12.5 Å². The number of amides is 1. The largest absolute Gasteiger partial charge is 0.490 e. The van der Waals surface area contributed by atoms with E-state index in [4.69, 9.17) is 14.7 Å². The molecule has 0 aliphatic rings. The van der Waals surface area contributed by atoms with Gasteiger partial charge in [0.1, 0.15) is 0 Å². The number of rotatable bonds is 7. The van der Waals surface area contributed by atoms with E-state index in [0.29, 0.717) is 39.5 Å². The van der Waals surface area contributed by atoms with E-state index >= 15 is 0 Å². The summed E-state index contributed by atoms with van der Waals surface area (Å²) in [6.45, 7) is 1.98. The standard InChI is InChI=1S/C19H16BrN5O3/c1-2-27-17-10-13(11-21)9-14(20)19(17)28-12-18(26)23-15-5-3-4-6-16(15)25-8-7-22-24-25/h3-10H,2,12H2,1H3,(H,23,26). The predicted octanol–water partition coefficient (Wildman–Crippen LogP) is 3.32. The zero-order chi connectivity index (χ0) is 19.9. The zero-order valence-corrected chi connectivity index (χ0v) is 16.5. The van der Waals surface area contributed by atoms with Crippen LogP contribution >= 0.6 is 15.9 Å². The van der Waals surface area contributed by atoms with Gasteiger partial charge in [0, 0.05) is 6.07 Å². The van der Waals surface area contributed by atoms with Crippen molar-refractivity contribution >= 4 is 27.5 Å². The Kier molecular flexibility index (Phi) is 6.24. The molecule has 8 nitrogen and oxygen atoms in total. The van der Waals surface area contributed by atoms with Crippen molar-refractivity contribution in [3.05, 3.63) is 58.8 Å². The van der Waals surface area contributed by atoms with Crippen LogP contribution in [0.5, 0.6) is 11.5 Å². The summed E-state index contributed by atoms with van der Waals surface area (Å²) in [6.07, 6.45) is 3.24. The number of carbonyl (C=O) groups excluding carboxylic acids is 1. The highest BCUT2D eigenvalue weighted by Gasteiger charge is 2.15. The Morgan fingerprint density at radius 1 is 1.32 bits per heavy atom. The summed E-state index contributed by atoms with van der Waals surface area (Å²) in [7, 11) is 0. The van der Waals surface area contributed by atoms with Crippen molar-refractivity contribution in [3.8, 4) is 23.3 Å². The van der Waals surface area contributed by atoms with Gasteiger partial charge in [-0.1, -0.05) is 17.3 Å². The molecule has 0 fully saturated rings. The van der Waals surface area contributed by atoms with Crippen LogP contribution in [0.15, 0.2) is 53.3 Å². The monoisotopic (exact) mass is 441 g/mol. The zero-order valence-electron chi connectivity index (χ0n) is 14.9. The van der Waals surface area contributed by atoms with E-state index in [1.54, 1.807) is 41.3 Å². The highest BCUT2D eigenvalue weighted by molar-refractivity contribution is 9.10. The number of nitrogens with zero attached hydrogens (tertiary/aromatic N) is 4. The van der Waals surface area contributed by atoms with Gasteiger partial charge in [0.25, 0.3) is 5.91 Å². The Morgan fingerprint density at radius 2 is 2.14 bits per heavy atom. The normalized spacial score (nSPS) is 10.2. The average molecular weight is 442 g/mol. The fourth-order valence-corrected chi connectivity index (χ4v) is 3.03. The summed E-state index contributed by atoms with van der Waals surface area (Å²) < 4.78 is 13.3. The van der Waals surface area contributed by atoms with Gasteiger partial charge in [-0.05, 0) is 41.1 Å². The second-order valence-corrected chi connectivity index (χ2v) is 6.39. The number of ether oxygens (including phenoxy) is 2. The van der Waals surface area contributed by atoms with Gasteiger partial charge in [-0.25, -0.2) is 4.68 Å². The van der Waals surface area contributed by atoms with Gasteiger partial charge in [-0.3, -0.25) is 4.79 Å². The minimum Gasteiger partial charge on any atom is -0.490 e. The lowest BCUT2D eigenvalue weighted by Gasteiger charge is -2.15. The Balaban J connectivity index is 1.73. The fourth-order valence-electron chi connectivity index (χ4n) is 2.48. The first-order valence-electron chi connectivity index (χ1n) is 8.37. The number of carbonyl (C=O) groups is 1. The van der Waals surface area contributed by atoms with Crippen molar-refractivity contribution in [1.29, 1.82) is 5.26 Å². The van der Waals surface area contributed by atoms with E-state index in [9.17, 15) is 4.79 Å². The summed E-state index contributed by atoms with van der Waals surface area (Å²) in [5.74, 6) is 0.399. The highest BCUT2D eigenvalue weighted by Crippen LogP contribution is 2.36. The van der Waals surface area contributed by atoms with Crippen molar-refractivity contribution in [2.45, 2.75) is 6.92 Å². The van der Waals surface area contributed by atoms with Crippen molar-refractivity contribution in [2.24, 2.45) is 0 Å². The molecule has 0 bridgehead atoms. The third kappa shape index (κ3) is 4.47. The Labute approximate surface area is 169 Å². The van der Waals surface area contributed by atoms with Crippen molar-refractivity contribution < 1.29 is 14.3 Å². The summed E-state index contributed by atoms with van der Waals surface area (Å²) in [4.78, 5) is 12.4. The molecular formula is C19H16BrN5O3. The van der Waals surface area contributed by atoms with Crippen LogP contribution in [0.3, 0.4) is 0 Å². The van der Waals surface area contributed by atoms with E-state index in [1.807, 2.05) is 19.1 Å². The number of aromatic nitrogens is 3. The number of hydrogen-bond donors (Lipinski definition) is 1. The third-order valence-electron chi connectivity index (χ3n) is 3.63. The molecule has 0 aliphatic carbocycles. The maximum Gasteiger partial charge on any atom is 0.262 e. The summed E-state index contributed by atoms with van der Waals surface area (Å²) in [5, 5.41) is 19.6. The van der Waals surface area contributed by atoms with Crippen LogP contribution in [0.25, 0.3) is 5.69 Å². The molecule has 0 saturated carbocycles. The molecule has 2 aromatic carbocycles. The molecule has 1 N–H and O–H groups in total. The molecule has 0 spiro atoms. The first kappa shape index (κ1) is 19.4. The number of halogens is 1. The maximum absolute atomic E-state index is 12.4. The van der Waals surface area contributed by atoms with E-state index in [2.05, 4.69) is 37.6 Å². The molecule has 142 valence electrons. The molecule has 0 aliphatic heterocycles. The molecule has 0 atom stereocenters. The lowest BCUT2D eigenvalue weighted by Crippen LogP contribution is -2.21. The first-order valence-corrected chi connectivity index (χ1v) is 9.16. The number of nitriles is 1. The Hall–Kier alpha value is -3.38. The minimum atomic E-state index is -0.355. The van der Waals surface area contributed by atoms with Gasteiger partial charge in [0.2, 0.25) is 0 Å². The van der Waals surface area contributed by atoms with Crippen molar-refractivity contribution in [3.63, 3.8) is 0 Å². The molecule has 0 saturated heterocycles. The van der Waals surface area contributed by atoms with Crippen LogP contribution in [0, 0.1) is 11.3 Å². The highest BCUT2D eigenvalue weighted by atomic mass is 79.9. The lowest BCUT2D eigenvalue weighted by molar-refractivity contribution is -0.118. The summed E-state index contributed by atoms with van der Waals surface area (Å²) in [5.41, 5.74) is 1.68. The van der Waals surface area contributed by atoms with Crippen LogP contribution in [-0.2, 0) is 4.79 Å². The van der Waals surface area contributed by atoms with Gasteiger partial charge >= 0.3 is 0 Å². The first-order chi connectivity index (χ1) is 13.6. The molecule has 1 heterocycles. The quantitative estimate of drug-likeness (QED) is 0.603. The summed E-state index contributed by atoms with van der Waals surface area (Å²) in [6, 6.07) is 12.5. The van der Waals surface area contributed by atoms with Gasteiger partial charge in [-0.15, -0.1) is 5.10 Å². The van der Waals surface area contributed by atoms with Gasteiger partial charge in [0.05, 0.1) is 46.5 Å². The number of anilines is 1. The number of benzene rings is 2. The van der Waals surface area contributed by atoms with Crippen LogP contribution in [0.2, 0.25) is 0 Å². The van der Waals surface area contributed by atoms with E-state index in [0.717, 1.165) is 0 Å². The molecule has 3 rings (SSSR count). The molecule has 0 unspecified atom stereocenters. The molecule has 28 heavy (non-hydrogen) atoms. The molecule has 1 aromatic heterocycles. The smallest absolute Gasteiger partial charge is 0.262 e. The number of nitrogens with one attached hydrogen (secondary N) is 1. The van der Waals surface area contributed by atoms with Crippen molar-refractivity contribution in [1.82, 2.24) is 15.0 Å². The maximum atomic E-state index is 12.4. The second-order valence-electron chi connectivity index (χ2n) is 5.53. The lowest BCUT2D eigenvalue weighted by atomic mass is 10.2.